The number of aldehydes is 1. The Labute approximate surface area is 134 Å². The molecule has 0 saturated carbocycles. The van der Waals surface area contributed by atoms with E-state index in [1.807, 2.05) is 11.0 Å². The molecule has 1 aromatic carbocycles. The minimum Gasteiger partial charge on any atom is -0.348 e. The summed E-state index contributed by atoms with van der Waals surface area (Å²) in [5.41, 5.74) is 0.812. The molecule has 1 atom stereocenters. The summed E-state index contributed by atoms with van der Waals surface area (Å²) in [7, 11) is 0. The highest BCUT2D eigenvalue weighted by molar-refractivity contribution is 6.32. The standard InChI is InChI=1S/C16H17ClFN3O/c1-10(9-22)12-7-13(16(18)11(2)15(12)17)20-14(8-19)21-5-3-4-6-21/h7,9-10H,3-6H2,1-2H3. The first-order valence-electron chi connectivity index (χ1n) is 7.17. The van der Waals surface area contributed by atoms with Gasteiger partial charge in [-0.1, -0.05) is 18.5 Å². The van der Waals surface area contributed by atoms with Crippen molar-refractivity contribution in [2.24, 2.45) is 4.99 Å². The van der Waals surface area contributed by atoms with E-state index in [1.165, 1.54) is 6.07 Å². The number of halogens is 2. The van der Waals surface area contributed by atoms with E-state index in [1.54, 1.807) is 13.8 Å². The molecular weight excluding hydrogens is 305 g/mol. The van der Waals surface area contributed by atoms with Gasteiger partial charge in [-0.3, -0.25) is 0 Å². The van der Waals surface area contributed by atoms with Crippen LogP contribution in [0.3, 0.4) is 0 Å². The van der Waals surface area contributed by atoms with Crippen LogP contribution in [-0.2, 0) is 4.79 Å². The summed E-state index contributed by atoms with van der Waals surface area (Å²) >= 11 is 6.12. The highest BCUT2D eigenvalue weighted by atomic mass is 35.5. The molecule has 0 bridgehead atoms. The van der Waals surface area contributed by atoms with Gasteiger partial charge in [-0.15, -0.1) is 0 Å². The molecular formula is C16H17ClFN3O. The van der Waals surface area contributed by atoms with Crippen molar-refractivity contribution < 1.29 is 9.18 Å². The number of nitriles is 1. The summed E-state index contributed by atoms with van der Waals surface area (Å²) in [6.45, 7) is 4.72. The number of rotatable bonds is 3. The third-order valence-electron chi connectivity index (χ3n) is 3.86. The Bertz CT molecular complexity index is 660. The van der Waals surface area contributed by atoms with E-state index in [2.05, 4.69) is 4.99 Å². The lowest BCUT2D eigenvalue weighted by Gasteiger charge is -2.16. The average molecular weight is 322 g/mol. The zero-order valence-corrected chi connectivity index (χ0v) is 13.3. The van der Waals surface area contributed by atoms with Crippen LogP contribution in [0.15, 0.2) is 11.1 Å². The fraction of sp³-hybridized carbons (Fsp3) is 0.438. The van der Waals surface area contributed by atoms with Gasteiger partial charge in [-0.05, 0) is 31.4 Å². The molecule has 0 N–H and O–H groups in total. The minimum absolute atomic E-state index is 0.0500. The van der Waals surface area contributed by atoms with Gasteiger partial charge in [0.05, 0.1) is 5.02 Å². The maximum Gasteiger partial charge on any atom is 0.209 e. The van der Waals surface area contributed by atoms with E-state index >= 15 is 0 Å². The molecule has 6 heteroatoms. The van der Waals surface area contributed by atoms with Crippen LogP contribution in [0.25, 0.3) is 0 Å². The molecule has 0 aliphatic carbocycles. The quantitative estimate of drug-likeness (QED) is 0.484. The lowest BCUT2D eigenvalue weighted by molar-refractivity contribution is -0.108. The summed E-state index contributed by atoms with van der Waals surface area (Å²) in [5.74, 6) is -0.820. The third kappa shape index (κ3) is 3.12. The molecule has 2 rings (SSSR count). The summed E-state index contributed by atoms with van der Waals surface area (Å²) in [4.78, 5) is 17.0. The molecule has 0 radical (unpaired) electrons. The molecule has 0 amide bonds. The van der Waals surface area contributed by atoms with Gasteiger partial charge in [0.1, 0.15) is 18.0 Å². The second-order valence-corrected chi connectivity index (χ2v) is 5.78. The molecule has 0 spiro atoms. The summed E-state index contributed by atoms with van der Waals surface area (Å²) in [6.07, 6.45) is 2.74. The Kier molecular flexibility index (Phi) is 5.15. The number of hydrogen-bond acceptors (Lipinski definition) is 3. The van der Waals surface area contributed by atoms with Crippen LogP contribution in [0, 0.1) is 24.1 Å². The largest absolute Gasteiger partial charge is 0.348 e. The lowest BCUT2D eigenvalue weighted by atomic mass is 9.99. The Balaban J connectivity index is 2.52. The van der Waals surface area contributed by atoms with E-state index in [9.17, 15) is 14.4 Å². The van der Waals surface area contributed by atoms with Gasteiger partial charge < -0.3 is 9.69 Å². The lowest BCUT2D eigenvalue weighted by Crippen LogP contribution is -2.26. The zero-order valence-electron chi connectivity index (χ0n) is 12.6. The predicted octanol–water partition coefficient (Wildman–Crippen LogP) is 3.74. The summed E-state index contributed by atoms with van der Waals surface area (Å²) in [5, 5.41) is 9.49. The first kappa shape index (κ1) is 16.4. The molecule has 1 fully saturated rings. The Morgan fingerprint density at radius 2 is 2.18 bits per heavy atom. The number of carbonyl (C=O) groups excluding carboxylic acids is 1. The van der Waals surface area contributed by atoms with Gasteiger partial charge in [0.15, 0.2) is 5.82 Å². The third-order valence-corrected chi connectivity index (χ3v) is 4.36. The highest BCUT2D eigenvalue weighted by Gasteiger charge is 2.20. The topological polar surface area (TPSA) is 56.5 Å². The van der Waals surface area contributed by atoms with Gasteiger partial charge in [0.25, 0.3) is 0 Å². The first-order valence-corrected chi connectivity index (χ1v) is 7.55. The molecule has 4 nitrogen and oxygen atoms in total. The van der Waals surface area contributed by atoms with Crippen molar-refractivity contribution in [2.45, 2.75) is 32.6 Å². The van der Waals surface area contributed by atoms with Crippen molar-refractivity contribution in [3.63, 3.8) is 0 Å². The fourth-order valence-electron chi connectivity index (χ4n) is 2.47. The summed E-state index contributed by atoms with van der Waals surface area (Å²) < 4.78 is 14.4. The number of carbonyl (C=O) groups is 1. The van der Waals surface area contributed by atoms with Crippen molar-refractivity contribution >= 4 is 29.4 Å². The van der Waals surface area contributed by atoms with Gasteiger partial charge in [-0.2, -0.15) is 5.26 Å². The van der Waals surface area contributed by atoms with Crippen LogP contribution in [0.1, 0.15) is 36.8 Å². The Hall–Kier alpha value is -1.93. The Morgan fingerprint density at radius 3 is 2.73 bits per heavy atom. The van der Waals surface area contributed by atoms with Crippen LogP contribution < -0.4 is 0 Å². The fourth-order valence-corrected chi connectivity index (χ4v) is 2.78. The van der Waals surface area contributed by atoms with E-state index in [-0.39, 0.29) is 22.1 Å². The van der Waals surface area contributed by atoms with Gasteiger partial charge in [-0.25, -0.2) is 9.38 Å². The van der Waals surface area contributed by atoms with Crippen molar-refractivity contribution in [3.05, 3.63) is 28.0 Å². The molecule has 1 aliphatic rings. The highest BCUT2D eigenvalue weighted by Crippen LogP contribution is 2.34. The van der Waals surface area contributed by atoms with E-state index in [0.29, 0.717) is 5.56 Å². The SMILES string of the molecule is Cc1c(F)c(N=C(C#N)N2CCCC2)cc(C(C)C=O)c1Cl. The number of aliphatic imine (C=N–C) groups is 1. The number of likely N-dealkylation sites (tertiary alicyclic amines) is 1. The molecule has 1 aliphatic heterocycles. The van der Waals surface area contributed by atoms with Gasteiger partial charge >= 0.3 is 0 Å². The number of hydrogen-bond donors (Lipinski definition) is 0. The van der Waals surface area contributed by atoms with Crippen LogP contribution in [0.4, 0.5) is 10.1 Å². The molecule has 1 heterocycles. The maximum absolute atomic E-state index is 14.4. The molecule has 22 heavy (non-hydrogen) atoms. The van der Waals surface area contributed by atoms with Crippen molar-refractivity contribution in [1.82, 2.24) is 4.90 Å². The first-order chi connectivity index (χ1) is 10.5. The molecule has 1 saturated heterocycles. The monoisotopic (exact) mass is 321 g/mol. The number of nitrogens with zero attached hydrogens (tertiary/aromatic N) is 3. The van der Waals surface area contributed by atoms with Crippen molar-refractivity contribution in [3.8, 4) is 6.07 Å². The smallest absolute Gasteiger partial charge is 0.209 e. The normalized spacial score (nSPS) is 16.5. The second kappa shape index (κ2) is 6.89. The molecule has 0 aromatic heterocycles. The number of benzene rings is 1. The zero-order chi connectivity index (χ0) is 16.3. The van der Waals surface area contributed by atoms with Crippen molar-refractivity contribution in [2.75, 3.05) is 13.1 Å². The molecule has 1 unspecified atom stereocenters. The summed E-state index contributed by atoms with van der Waals surface area (Å²) in [6, 6.07) is 3.48. The van der Waals surface area contributed by atoms with E-state index in [0.717, 1.165) is 32.2 Å². The molecule has 1 aromatic rings. The van der Waals surface area contributed by atoms with Crippen LogP contribution in [0.5, 0.6) is 0 Å². The van der Waals surface area contributed by atoms with E-state index in [4.69, 9.17) is 11.6 Å². The second-order valence-electron chi connectivity index (χ2n) is 5.40. The number of amidine groups is 1. The van der Waals surface area contributed by atoms with Gasteiger partial charge in [0.2, 0.25) is 5.84 Å². The van der Waals surface area contributed by atoms with Crippen LogP contribution in [0.2, 0.25) is 5.02 Å². The molecule has 116 valence electrons. The van der Waals surface area contributed by atoms with Crippen LogP contribution in [-0.4, -0.2) is 30.1 Å². The van der Waals surface area contributed by atoms with E-state index < -0.39 is 11.7 Å². The maximum atomic E-state index is 14.4. The van der Waals surface area contributed by atoms with Gasteiger partial charge in [0, 0.05) is 24.6 Å². The minimum atomic E-state index is -0.557. The average Bonchev–Trinajstić information content (AvgIpc) is 3.05. The predicted molar refractivity (Wildman–Crippen MR) is 84.1 cm³/mol. The Morgan fingerprint density at radius 1 is 1.55 bits per heavy atom. The van der Waals surface area contributed by atoms with Crippen LogP contribution >= 0.6 is 11.6 Å². The van der Waals surface area contributed by atoms with Crippen molar-refractivity contribution in [1.29, 1.82) is 5.26 Å².